The number of rotatable bonds is 4. The van der Waals surface area contributed by atoms with Crippen molar-refractivity contribution in [3.63, 3.8) is 0 Å². The van der Waals surface area contributed by atoms with Crippen LogP contribution in [0.2, 0.25) is 0 Å². The van der Waals surface area contributed by atoms with Gasteiger partial charge in [-0.1, -0.05) is 30.3 Å². The van der Waals surface area contributed by atoms with E-state index in [0.717, 1.165) is 37.3 Å². The lowest BCUT2D eigenvalue weighted by molar-refractivity contribution is 0.216. The summed E-state index contributed by atoms with van der Waals surface area (Å²) in [6, 6.07) is 18.8. The molecule has 0 amide bonds. The first-order valence-electron chi connectivity index (χ1n) is 9.06. The molecule has 1 aliphatic carbocycles. The molecular weight excluding hydrogens is 423 g/mol. The second-order valence-corrected chi connectivity index (χ2v) is 8.34. The van der Waals surface area contributed by atoms with Gasteiger partial charge in [0.1, 0.15) is 5.75 Å². The Hall–Kier alpha value is -1.27. The molecule has 1 saturated carbocycles. The van der Waals surface area contributed by atoms with Gasteiger partial charge < -0.3 is 9.64 Å². The first kappa shape index (κ1) is 17.2. The third-order valence-electron chi connectivity index (χ3n) is 5.58. The van der Waals surface area contributed by atoms with Crippen LogP contribution in [0.4, 0.5) is 5.69 Å². The van der Waals surface area contributed by atoms with E-state index in [4.69, 9.17) is 4.74 Å². The summed E-state index contributed by atoms with van der Waals surface area (Å²) in [5.41, 5.74) is 2.78. The summed E-state index contributed by atoms with van der Waals surface area (Å²) >= 11 is 2.33. The normalized spacial score (nSPS) is 26.5. The van der Waals surface area contributed by atoms with Crippen molar-refractivity contribution in [2.45, 2.75) is 31.3 Å². The van der Waals surface area contributed by atoms with Gasteiger partial charge in [-0.05, 0) is 53.6 Å². The maximum absolute atomic E-state index is 5.50. The van der Waals surface area contributed by atoms with E-state index in [2.05, 4.69) is 87.8 Å². The zero-order valence-corrected chi connectivity index (χ0v) is 17.0. The second-order valence-electron chi connectivity index (χ2n) is 7.18. The third-order valence-corrected chi connectivity index (χ3v) is 6.47. The fraction of sp³-hybridized carbons (Fsp3) is 0.429. The van der Waals surface area contributed by atoms with E-state index in [1.54, 1.807) is 7.11 Å². The van der Waals surface area contributed by atoms with Crippen LogP contribution in [0.25, 0.3) is 0 Å². The highest BCUT2D eigenvalue weighted by Gasteiger charge is 2.44. The molecule has 25 heavy (non-hydrogen) atoms. The Morgan fingerprint density at radius 1 is 1.08 bits per heavy atom. The molecule has 0 aromatic heterocycles. The maximum Gasteiger partial charge on any atom is 0.134 e. The summed E-state index contributed by atoms with van der Waals surface area (Å²) in [6.07, 6.45) is 1.31. The third kappa shape index (κ3) is 3.51. The molecule has 1 saturated heterocycles. The van der Waals surface area contributed by atoms with Gasteiger partial charge in [0.2, 0.25) is 0 Å². The predicted octanol–water partition coefficient (Wildman–Crippen LogP) is 4.37. The van der Waals surface area contributed by atoms with Crippen molar-refractivity contribution in [1.82, 2.24) is 4.90 Å². The largest absolute Gasteiger partial charge is 0.496 e. The van der Waals surface area contributed by atoms with Gasteiger partial charge in [-0.3, -0.25) is 4.90 Å². The quantitative estimate of drug-likeness (QED) is 0.647. The van der Waals surface area contributed by atoms with E-state index in [-0.39, 0.29) is 0 Å². The Balaban J connectivity index is 1.41. The van der Waals surface area contributed by atoms with Crippen LogP contribution in [0.1, 0.15) is 24.8 Å². The number of hydrogen-bond donors (Lipinski definition) is 0. The zero-order chi connectivity index (χ0) is 17.4. The number of piperazine rings is 1. The Morgan fingerprint density at radius 3 is 2.60 bits per heavy atom. The molecule has 0 spiro atoms. The van der Waals surface area contributed by atoms with Crippen molar-refractivity contribution >= 4 is 28.3 Å². The highest BCUT2D eigenvalue weighted by atomic mass is 127. The number of nitrogens with zero attached hydrogens (tertiary/aromatic N) is 2. The predicted molar refractivity (Wildman–Crippen MR) is 112 cm³/mol. The van der Waals surface area contributed by atoms with Gasteiger partial charge in [-0.15, -0.1) is 0 Å². The van der Waals surface area contributed by atoms with E-state index >= 15 is 0 Å². The molecule has 3 atom stereocenters. The number of benzene rings is 2. The van der Waals surface area contributed by atoms with E-state index in [9.17, 15) is 0 Å². The summed E-state index contributed by atoms with van der Waals surface area (Å²) in [4.78, 5) is 5.22. The first-order valence-corrected chi connectivity index (χ1v) is 10.1. The van der Waals surface area contributed by atoms with Gasteiger partial charge in [0, 0.05) is 49.4 Å². The number of anilines is 1. The lowest BCUT2D eigenvalue weighted by atomic mass is 10.1. The van der Waals surface area contributed by atoms with E-state index in [1.165, 1.54) is 21.2 Å². The smallest absolute Gasteiger partial charge is 0.134 e. The molecule has 1 heterocycles. The molecule has 2 aliphatic rings. The fourth-order valence-corrected chi connectivity index (χ4v) is 4.70. The summed E-state index contributed by atoms with van der Waals surface area (Å²) in [6.45, 7) is 5.72. The number of ether oxygens (including phenoxy) is 1. The topological polar surface area (TPSA) is 15.7 Å². The first-order chi connectivity index (χ1) is 12.2. The van der Waals surface area contributed by atoms with Crippen LogP contribution in [0.3, 0.4) is 0 Å². The molecule has 1 aliphatic heterocycles. The van der Waals surface area contributed by atoms with Crippen molar-refractivity contribution in [3.8, 4) is 5.75 Å². The second kappa shape index (κ2) is 7.16. The van der Waals surface area contributed by atoms with Crippen LogP contribution in [-0.4, -0.2) is 43.7 Å². The molecule has 0 bridgehead atoms. The molecular formula is C21H25IN2O. The van der Waals surface area contributed by atoms with Crippen LogP contribution in [-0.2, 0) is 0 Å². The van der Waals surface area contributed by atoms with E-state index < -0.39 is 0 Å². The average Bonchev–Trinajstić information content (AvgIpc) is 3.44. The highest BCUT2D eigenvalue weighted by Crippen LogP contribution is 2.45. The minimum atomic E-state index is 0.524. The van der Waals surface area contributed by atoms with E-state index in [0.29, 0.717) is 6.04 Å². The minimum absolute atomic E-state index is 0.524. The fourth-order valence-electron chi connectivity index (χ4n) is 4.14. The number of hydrogen-bond acceptors (Lipinski definition) is 3. The van der Waals surface area contributed by atoms with Gasteiger partial charge in [-0.2, -0.15) is 0 Å². The van der Waals surface area contributed by atoms with Gasteiger partial charge in [0.25, 0.3) is 0 Å². The van der Waals surface area contributed by atoms with Gasteiger partial charge in [0.05, 0.1) is 10.7 Å². The monoisotopic (exact) mass is 448 g/mol. The van der Waals surface area contributed by atoms with Gasteiger partial charge >= 0.3 is 0 Å². The van der Waals surface area contributed by atoms with Crippen LogP contribution in [0.15, 0.2) is 48.5 Å². The van der Waals surface area contributed by atoms with Crippen LogP contribution >= 0.6 is 22.6 Å². The van der Waals surface area contributed by atoms with Crippen LogP contribution < -0.4 is 9.64 Å². The SMILES string of the molecule is COc1cc(N2CCN(C3CC3c3ccccc3)CC2C)ccc1I. The summed E-state index contributed by atoms with van der Waals surface area (Å²) < 4.78 is 6.67. The molecule has 2 fully saturated rings. The molecule has 0 N–H and O–H groups in total. The van der Waals surface area contributed by atoms with Gasteiger partial charge in [-0.25, -0.2) is 0 Å². The molecule has 132 valence electrons. The zero-order valence-electron chi connectivity index (χ0n) is 14.9. The number of halogens is 1. The Bertz CT molecular complexity index is 736. The summed E-state index contributed by atoms with van der Waals surface area (Å²) in [5, 5.41) is 0. The molecule has 0 radical (unpaired) electrons. The van der Waals surface area contributed by atoms with E-state index in [1.807, 2.05) is 0 Å². The Kier molecular flexibility index (Phi) is 4.91. The molecule has 3 unspecified atom stereocenters. The van der Waals surface area contributed by atoms with Crippen molar-refractivity contribution < 1.29 is 4.74 Å². The van der Waals surface area contributed by atoms with Crippen molar-refractivity contribution in [2.75, 3.05) is 31.6 Å². The van der Waals surface area contributed by atoms with Gasteiger partial charge in [0.15, 0.2) is 0 Å². The minimum Gasteiger partial charge on any atom is -0.496 e. The van der Waals surface area contributed by atoms with Crippen molar-refractivity contribution in [3.05, 3.63) is 57.7 Å². The summed E-state index contributed by atoms with van der Waals surface area (Å²) in [5.74, 6) is 1.71. The standard InChI is InChI=1S/C21H25IN2O/c1-15-14-23(20-13-18(20)16-6-4-3-5-7-16)10-11-24(15)17-8-9-19(22)21(12-17)25-2/h3-9,12,15,18,20H,10-11,13-14H2,1-2H3. The number of methoxy groups -OCH3 is 1. The van der Waals surface area contributed by atoms with Crippen molar-refractivity contribution in [1.29, 1.82) is 0 Å². The average molecular weight is 448 g/mol. The molecule has 2 aromatic rings. The van der Waals surface area contributed by atoms with Crippen LogP contribution in [0.5, 0.6) is 5.75 Å². The molecule has 3 nitrogen and oxygen atoms in total. The Labute approximate surface area is 164 Å². The Morgan fingerprint density at radius 2 is 1.88 bits per heavy atom. The lowest BCUT2D eigenvalue weighted by Crippen LogP contribution is -2.52. The molecule has 4 rings (SSSR count). The highest BCUT2D eigenvalue weighted by molar-refractivity contribution is 14.1. The van der Waals surface area contributed by atoms with Crippen molar-refractivity contribution in [2.24, 2.45) is 0 Å². The lowest BCUT2D eigenvalue weighted by Gasteiger charge is -2.41. The molecule has 2 aromatic carbocycles. The summed E-state index contributed by atoms with van der Waals surface area (Å²) in [7, 11) is 1.75. The maximum atomic E-state index is 5.50. The molecule has 4 heteroatoms. The van der Waals surface area contributed by atoms with Crippen LogP contribution in [0, 0.1) is 3.57 Å².